The van der Waals surface area contributed by atoms with E-state index in [1.165, 1.54) is 0 Å². The predicted molar refractivity (Wildman–Crippen MR) is 55.1 cm³/mol. The van der Waals surface area contributed by atoms with Crippen LogP contribution in [0, 0.1) is 0 Å². The second-order valence-corrected chi connectivity index (χ2v) is 3.92. The van der Waals surface area contributed by atoms with E-state index < -0.39 is 5.38 Å². The van der Waals surface area contributed by atoms with Crippen molar-refractivity contribution in [3.05, 3.63) is 18.0 Å². The van der Waals surface area contributed by atoms with Crippen molar-refractivity contribution in [1.29, 1.82) is 0 Å². The zero-order valence-corrected chi connectivity index (χ0v) is 9.25. The van der Waals surface area contributed by atoms with Gasteiger partial charge in [0.25, 0.3) is 0 Å². The minimum Gasteiger partial charge on any atom is -0.347 e. The number of nitrogens with zero attached hydrogens (tertiary/aromatic N) is 2. The molecule has 1 heterocycles. The second-order valence-electron chi connectivity index (χ2n) is 3.26. The molecule has 1 rings (SSSR count). The molecule has 0 radical (unpaired) electrons. The summed E-state index contributed by atoms with van der Waals surface area (Å²) in [4.78, 5) is 11.3. The number of rotatable bonds is 3. The first-order chi connectivity index (χ1) is 6.50. The first-order valence-electron chi connectivity index (χ1n) is 4.44. The summed E-state index contributed by atoms with van der Waals surface area (Å²) in [6, 6.07) is 1.76. The Hall–Kier alpha value is -1.03. The van der Waals surface area contributed by atoms with Gasteiger partial charge in [0, 0.05) is 13.2 Å². The topological polar surface area (TPSA) is 46.9 Å². The van der Waals surface area contributed by atoms with E-state index in [-0.39, 0.29) is 11.9 Å². The number of carbonyl (C=O) groups is 1. The lowest BCUT2D eigenvalue weighted by molar-refractivity contribution is -0.121. The Labute approximate surface area is 88.2 Å². The molecular formula is C9H14ClN3O. The summed E-state index contributed by atoms with van der Waals surface area (Å²) < 4.78 is 1.70. The molecule has 5 heteroatoms. The molecule has 0 fully saturated rings. The molecule has 78 valence electrons. The van der Waals surface area contributed by atoms with Crippen LogP contribution in [0.25, 0.3) is 0 Å². The van der Waals surface area contributed by atoms with Gasteiger partial charge >= 0.3 is 0 Å². The molecule has 2 atom stereocenters. The van der Waals surface area contributed by atoms with Crippen LogP contribution >= 0.6 is 11.6 Å². The standard InChI is InChI=1S/C9H14ClN3O/c1-6(10)9(14)11-7(2)8-4-5-13(3)12-8/h4-7H,1-3H3,(H,11,14). The van der Waals surface area contributed by atoms with Crippen molar-refractivity contribution in [3.63, 3.8) is 0 Å². The monoisotopic (exact) mass is 215 g/mol. The van der Waals surface area contributed by atoms with Gasteiger partial charge in [0.2, 0.25) is 5.91 Å². The van der Waals surface area contributed by atoms with E-state index in [2.05, 4.69) is 10.4 Å². The van der Waals surface area contributed by atoms with Crippen LogP contribution in [-0.4, -0.2) is 21.1 Å². The van der Waals surface area contributed by atoms with Crippen molar-refractivity contribution < 1.29 is 4.79 Å². The molecule has 0 aromatic carbocycles. The lowest BCUT2D eigenvalue weighted by atomic mass is 10.2. The highest BCUT2D eigenvalue weighted by Crippen LogP contribution is 2.09. The molecule has 0 spiro atoms. The van der Waals surface area contributed by atoms with Gasteiger partial charge in [-0.25, -0.2) is 0 Å². The number of alkyl halides is 1. The van der Waals surface area contributed by atoms with Crippen LogP contribution in [0.1, 0.15) is 25.6 Å². The van der Waals surface area contributed by atoms with E-state index in [1.54, 1.807) is 11.6 Å². The van der Waals surface area contributed by atoms with Crippen LogP contribution in [0.5, 0.6) is 0 Å². The lowest BCUT2D eigenvalue weighted by Gasteiger charge is -2.12. The highest BCUT2D eigenvalue weighted by molar-refractivity contribution is 6.30. The lowest BCUT2D eigenvalue weighted by Crippen LogP contribution is -2.32. The zero-order valence-electron chi connectivity index (χ0n) is 8.49. The number of hydrogen-bond acceptors (Lipinski definition) is 2. The van der Waals surface area contributed by atoms with Crippen LogP contribution in [0.4, 0.5) is 0 Å². The Morgan fingerprint density at radius 1 is 1.64 bits per heavy atom. The smallest absolute Gasteiger partial charge is 0.238 e. The average Bonchev–Trinajstić information content (AvgIpc) is 2.51. The summed E-state index contributed by atoms with van der Waals surface area (Å²) >= 11 is 5.63. The van der Waals surface area contributed by atoms with E-state index in [9.17, 15) is 4.79 Å². The third-order valence-electron chi connectivity index (χ3n) is 1.90. The molecule has 4 nitrogen and oxygen atoms in total. The third kappa shape index (κ3) is 2.73. The molecule has 0 aliphatic heterocycles. The van der Waals surface area contributed by atoms with Gasteiger partial charge in [0.05, 0.1) is 11.7 Å². The molecule has 1 aromatic rings. The molecule has 2 unspecified atom stereocenters. The number of amides is 1. The molecule has 1 N–H and O–H groups in total. The van der Waals surface area contributed by atoms with Crippen molar-refractivity contribution in [2.75, 3.05) is 0 Å². The van der Waals surface area contributed by atoms with Gasteiger partial charge < -0.3 is 5.32 Å². The van der Waals surface area contributed by atoms with Crippen molar-refractivity contribution in [1.82, 2.24) is 15.1 Å². The van der Waals surface area contributed by atoms with E-state index >= 15 is 0 Å². The van der Waals surface area contributed by atoms with Gasteiger partial charge in [-0.3, -0.25) is 9.48 Å². The van der Waals surface area contributed by atoms with E-state index in [4.69, 9.17) is 11.6 Å². The molecule has 0 bridgehead atoms. The summed E-state index contributed by atoms with van der Waals surface area (Å²) in [6.07, 6.45) is 1.84. The number of carbonyl (C=O) groups excluding carboxylic acids is 1. The van der Waals surface area contributed by atoms with E-state index in [1.807, 2.05) is 26.2 Å². The van der Waals surface area contributed by atoms with Gasteiger partial charge in [-0.1, -0.05) is 0 Å². The highest BCUT2D eigenvalue weighted by atomic mass is 35.5. The van der Waals surface area contributed by atoms with Crippen LogP contribution in [0.2, 0.25) is 0 Å². The Morgan fingerprint density at radius 3 is 2.71 bits per heavy atom. The SMILES string of the molecule is CC(Cl)C(=O)NC(C)c1ccn(C)n1. The molecule has 0 aliphatic carbocycles. The second kappa shape index (κ2) is 4.46. The van der Waals surface area contributed by atoms with Crippen molar-refractivity contribution in [2.45, 2.75) is 25.3 Å². The fraction of sp³-hybridized carbons (Fsp3) is 0.556. The molecule has 1 amide bonds. The molecular weight excluding hydrogens is 202 g/mol. The molecule has 0 saturated carbocycles. The van der Waals surface area contributed by atoms with Gasteiger partial charge in [-0.05, 0) is 19.9 Å². The van der Waals surface area contributed by atoms with Crippen molar-refractivity contribution >= 4 is 17.5 Å². The maximum atomic E-state index is 11.3. The van der Waals surface area contributed by atoms with Gasteiger partial charge in [0.1, 0.15) is 5.38 Å². The largest absolute Gasteiger partial charge is 0.347 e. The fourth-order valence-electron chi connectivity index (χ4n) is 1.07. The fourth-order valence-corrected chi connectivity index (χ4v) is 1.13. The van der Waals surface area contributed by atoms with Crippen LogP contribution in [-0.2, 0) is 11.8 Å². The van der Waals surface area contributed by atoms with Crippen LogP contribution < -0.4 is 5.32 Å². The number of hydrogen-bond donors (Lipinski definition) is 1. The molecule has 14 heavy (non-hydrogen) atoms. The molecule has 0 saturated heterocycles. The average molecular weight is 216 g/mol. The maximum absolute atomic E-state index is 11.3. The first-order valence-corrected chi connectivity index (χ1v) is 4.88. The summed E-state index contributed by atoms with van der Waals surface area (Å²) in [5.41, 5.74) is 0.832. The summed E-state index contributed by atoms with van der Waals surface area (Å²) in [6.45, 7) is 3.52. The Kier molecular flexibility index (Phi) is 3.52. The van der Waals surface area contributed by atoms with Crippen molar-refractivity contribution in [3.8, 4) is 0 Å². The minimum atomic E-state index is -0.513. The van der Waals surface area contributed by atoms with Gasteiger partial charge in [-0.15, -0.1) is 11.6 Å². The summed E-state index contributed by atoms with van der Waals surface area (Å²) in [5.74, 6) is -0.176. The summed E-state index contributed by atoms with van der Waals surface area (Å²) in [5, 5.41) is 6.43. The van der Waals surface area contributed by atoms with Crippen LogP contribution in [0.15, 0.2) is 12.3 Å². The van der Waals surface area contributed by atoms with Gasteiger partial charge in [0.15, 0.2) is 0 Å². The normalized spacial score (nSPS) is 14.9. The minimum absolute atomic E-state index is 0.107. The number of aromatic nitrogens is 2. The van der Waals surface area contributed by atoms with E-state index in [0.29, 0.717) is 0 Å². The Bertz CT molecular complexity index is 322. The molecule has 0 aliphatic rings. The van der Waals surface area contributed by atoms with Gasteiger partial charge in [-0.2, -0.15) is 5.10 Å². The third-order valence-corrected chi connectivity index (χ3v) is 2.10. The zero-order chi connectivity index (χ0) is 10.7. The van der Waals surface area contributed by atoms with E-state index in [0.717, 1.165) is 5.69 Å². The van der Waals surface area contributed by atoms with Crippen molar-refractivity contribution in [2.24, 2.45) is 7.05 Å². The molecule has 1 aromatic heterocycles. The van der Waals surface area contributed by atoms with Crippen LogP contribution in [0.3, 0.4) is 0 Å². The highest BCUT2D eigenvalue weighted by Gasteiger charge is 2.14. The summed E-state index contributed by atoms with van der Waals surface area (Å²) in [7, 11) is 1.84. The predicted octanol–water partition coefficient (Wildman–Crippen LogP) is 1.22. The number of aryl methyl sites for hydroxylation is 1. The Balaban J connectivity index is 2.59. The first kappa shape index (κ1) is 11.0. The Morgan fingerprint density at radius 2 is 2.29 bits per heavy atom. The number of halogens is 1. The quantitative estimate of drug-likeness (QED) is 0.771. The maximum Gasteiger partial charge on any atom is 0.238 e. The number of nitrogens with one attached hydrogen (secondary N) is 1.